The maximum Gasteiger partial charge on any atom is 0.315 e. The highest BCUT2D eigenvalue weighted by Crippen LogP contribution is 2.15. The van der Waals surface area contributed by atoms with Gasteiger partial charge in [-0.15, -0.1) is 0 Å². The SMILES string of the molecule is C[C@H](NC(=O)NCc1ccco1)c1ccc(S(N)(=O)=O)cc1. The Morgan fingerprint density at radius 2 is 1.95 bits per heavy atom. The lowest BCUT2D eigenvalue weighted by Gasteiger charge is -2.15. The summed E-state index contributed by atoms with van der Waals surface area (Å²) in [7, 11) is -3.71. The average molecular weight is 323 g/mol. The maximum atomic E-state index is 11.8. The Labute approximate surface area is 128 Å². The van der Waals surface area contributed by atoms with Gasteiger partial charge in [0.1, 0.15) is 5.76 Å². The van der Waals surface area contributed by atoms with Crippen LogP contribution in [0.3, 0.4) is 0 Å². The highest BCUT2D eigenvalue weighted by Gasteiger charge is 2.12. The Bertz CT molecular complexity index is 724. The van der Waals surface area contributed by atoms with E-state index in [9.17, 15) is 13.2 Å². The van der Waals surface area contributed by atoms with E-state index in [4.69, 9.17) is 9.56 Å². The van der Waals surface area contributed by atoms with Gasteiger partial charge in [0.2, 0.25) is 10.0 Å². The minimum absolute atomic E-state index is 0.0331. The fourth-order valence-corrected chi connectivity index (χ4v) is 2.37. The van der Waals surface area contributed by atoms with Gasteiger partial charge in [-0.05, 0) is 36.8 Å². The first kappa shape index (κ1) is 16.1. The summed E-state index contributed by atoms with van der Waals surface area (Å²) in [5.41, 5.74) is 0.764. The highest BCUT2D eigenvalue weighted by molar-refractivity contribution is 7.89. The third-order valence-electron chi connectivity index (χ3n) is 3.06. The zero-order valence-electron chi connectivity index (χ0n) is 11.9. The molecule has 0 saturated heterocycles. The Balaban J connectivity index is 1.91. The van der Waals surface area contributed by atoms with Gasteiger partial charge in [0, 0.05) is 0 Å². The topological polar surface area (TPSA) is 114 Å². The van der Waals surface area contributed by atoms with E-state index in [0.29, 0.717) is 5.76 Å². The molecule has 0 fully saturated rings. The summed E-state index contributed by atoms with van der Waals surface area (Å²) in [6, 6.07) is 8.90. The van der Waals surface area contributed by atoms with Crippen molar-refractivity contribution in [1.29, 1.82) is 0 Å². The summed E-state index contributed by atoms with van der Waals surface area (Å²) in [4.78, 5) is 11.8. The number of furan rings is 1. The van der Waals surface area contributed by atoms with Gasteiger partial charge in [-0.3, -0.25) is 0 Å². The molecule has 7 nitrogen and oxygen atoms in total. The molecule has 22 heavy (non-hydrogen) atoms. The zero-order chi connectivity index (χ0) is 16.2. The van der Waals surface area contributed by atoms with Crippen molar-refractivity contribution in [1.82, 2.24) is 10.6 Å². The third kappa shape index (κ3) is 4.34. The third-order valence-corrected chi connectivity index (χ3v) is 3.99. The molecule has 0 aliphatic heterocycles. The minimum atomic E-state index is -3.71. The maximum absolute atomic E-state index is 11.8. The molecule has 4 N–H and O–H groups in total. The Morgan fingerprint density at radius 3 is 2.50 bits per heavy atom. The average Bonchev–Trinajstić information content (AvgIpc) is 2.97. The van der Waals surface area contributed by atoms with Gasteiger partial charge in [0.05, 0.1) is 23.7 Å². The number of hydrogen-bond acceptors (Lipinski definition) is 4. The largest absolute Gasteiger partial charge is 0.467 e. The molecule has 1 atom stereocenters. The van der Waals surface area contributed by atoms with Crippen LogP contribution in [0.2, 0.25) is 0 Å². The summed E-state index contributed by atoms with van der Waals surface area (Å²) in [6.07, 6.45) is 1.53. The summed E-state index contributed by atoms with van der Waals surface area (Å²) < 4.78 is 27.5. The lowest BCUT2D eigenvalue weighted by Crippen LogP contribution is -2.36. The lowest BCUT2D eigenvalue weighted by atomic mass is 10.1. The van der Waals surface area contributed by atoms with E-state index in [-0.39, 0.29) is 23.5 Å². The van der Waals surface area contributed by atoms with Gasteiger partial charge in [-0.25, -0.2) is 18.4 Å². The van der Waals surface area contributed by atoms with E-state index < -0.39 is 10.0 Å². The van der Waals surface area contributed by atoms with Crippen LogP contribution < -0.4 is 15.8 Å². The monoisotopic (exact) mass is 323 g/mol. The van der Waals surface area contributed by atoms with Crippen molar-refractivity contribution in [2.45, 2.75) is 24.4 Å². The van der Waals surface area contributed by atoms with Crippen molar-refractivity contribution < 1.29 is 17.6 Å². The molecule has 1 aromatic carbocycles. The summed E-state index contributed by atoms with van der Waals surface area (Å²) in [5.74, 6) is 0.653. The number of benzene rings is 1. The number of nitrogens with two attached hydrogens (primary N) is 1. The van der Waals surface area contributed by atoms with Crippen LogP contribution in [0.5, 0.6) is 0 Å². The molecule has 0 spiro atoms. The van der Waals surface area contributed by atoms with Crippen LogP contribution in [0.1, 0.15) is 24.3 Å². The number of sulfonamides is 1. The molecule has 0 unspecified atom stereocenters. The fourth-order valence-electron chi connectivity index (χ4n) is 1.86. The van der Waals surface area contributed by atoms with Gasteiger partial charge in [-0.1, -0.05) is 12.1 Å². The molecule has 2 rings (SSSR count). The molecule has 0 aliphatic carbocycles. The second-order valence-electron chi connectivity index (χ2n) is 4.74. The van der Waals surface area contributed by atoms with Crippen molar-refractivity contribution in [2.75, 3.05) is 0 Å². The summed E-state index contributed by atoms with van der Waals surface area (Å²) in [5, 5.41) is 10.4. The van der Waals surface area contributed by atoms with Crippen LogP contribution in [-0.4, -0.2) is 14.4 Å². The van der Waals surface area contributed by atoms with Crippen molar-refractivity contribution in [3.05, 3.63) is 54.0 Å². The second kappa shape index (κ2) is 6.63. The molecule has 0 radical (unpaired) electrons. The quantitative estimate of drug-likeness (QED) is 0.773. The second-order valence-corrected chi connectivity index (χ2v) is 6.30. The predicted molar refractivity (Wildman–Crippen MR) is 80.3 cm³/mol. The van der Waals surface area contributed by atoms with Crippen LogP contribution in [0.4, 0.5) is 4.79 Å². The van der Waals surface area contributed by atoms with E-state index in [0.717, 1.165) is 5.56 Å². The number of carbonyl (C=O) groups excluding carboxylic acids is 1. The van der Waals surface area contributed by atoms with Gasteiger partial charge >= 0.3 is 6.03 Å². The molecule has 2 aromatic rings. The molecule has 118 valence electrons. The summed E-state index contributed by atoms with van der Waals surface area (Å²) in [6.45, 7) is 2.08. The van der Waals surface area contributed by atoms with E-state index >= 15 is 0 Å². The van der Waals surface area contributed by atoms with Gasteiger partial charge in [0.25, 0.3) is 0 Å². The first-order chi connectivity index (χ1) is 10.4. The minimum Gasteiger partial charge on any atom is -0.467 e. The number of urea groups is 1. The number of rotatable bonds is 5. The molecular formula is C14H17N3O4S. The zero-order valence-corrected chi connectivity index (χ0v) is 12.8. The lowest BCUT2D eigenvalue weighted by molar-refractivity contribution is 0.236. The Kier molecular flexibility index (Phi) is 4.84. The summed E-state index contributed by atoms with van der Waals surface area (Å²) >= 11 is 0. The molecule has 0 aliphatic rings. The first-order valence-corrected chi connectivity index (χ1v) is 8.10. The number of nitrogens with one attached hydrogen (secondary N) is 2. The Morgan fingerprint density at radius 1 is 1.27 bits per heavy atom. The standard InChI is InChI=1S/C14H17N3O4S/c1-10(11-4-6-13(7-5-11)22(15,19)20)17-14(18)16-9-12-3-2-8-21-12/h2-8,10H,9H2,1H3,(H2,15,19,20)(H2,16,17,18)/t10-/m0/s1. The Hall–Kier alpha value is -2.32. The van der Waals surface area contributed by atoms with Gasteiger partial charge in [0.15, 0.2) is 0 Å². The molecular weight excluding hydrogens is 306 g/mol. The van der Waals surface area contributed by atoms with Crippen molar-refractivity contribution in [3.63, 3.8) is 0 Å². The van der Waals surface area contributed by atoms with Crippen molar-refractivity contribution >= 4 is 16.1 Å². The van der Waals surface area contributed by atoms with Gasteiger partial charge in [-0.2, -0.15) is 0 Å². The molecule has 2 amide bonds. The number of amides is 2. The van der Waals surface area contributed by atoms with Gasteiger partial charge < -0.3 is 15.1 Å². The first-order valence-electron chi connectivity index (χ1n) is 6.56. The normalized spacial score (nSPS) is 12.6. The number of primary sulfonamides is 1. The van der Waals surface area contributed by atoms with Crippen LogP contribution in [-0.2, 0) is 16.6 Å². The van der Waals surface area contributed by atoms with Crippen LogP contribution >= 0.6 is 0 Å². The highest BCUT2D eigenvalue weighted by atomic mass is 32.2. The fraction of sp³-hybridized carbons (Fsp3) is 0.214. The van der Waals surface area contributed by atoms with Crippen molar-refractivity contribution in [3.8, 4) is 0 Å². The molecule has 1 aromatic heterocycles. The molecule has 0 saturated carbocycles. The molecule has 1 heterocycles. The molecule has 8 heteroatoms. The van der Waals surface area contributed by atoms with E-state index in [1.165, 1.54) is 18.4 Å². The molecule has 0 bridgehead atoms. The van der Waals surface area contributed by atoms with Crippen LogP contribution in [0.25, 0.3) is 0 Å². The van der Waals surface area contributed by atoms with Crippen LogP contribution in [0.15, 0.2) is 52.0 Å². The number of carbonyl (C=O) groups is 1. The van der Waals surface area contributed by atoms with Crippen molar-refractivity contribution in [2.24, 2.45) is 5.14 Å². The smallest absolute Gasteiger partial charge is 0.315 e. The van der Waals surface area contributed by atoms with E-state index in [1.807, 2.05) is 0 Å². The van der Waals surface area contributed by atoms with E-state index in [2.05, 4.69) is 10.6 Å². The number of hydrogen-bond donors (Lipinski definition) is 3. The van der Waals surface area contributed by atoms with E-state index in [1.54, 1.807) is 31.2 Å². The predicted octanol–water partition coefficient (Wildman–Crippen LogP) is 1.49. The van der Waals surface area contributed by atoms with Crippen LogP contribution in [0, 0.1) is 0 Å².